The molecule has 1 aromatic heterocycles. The molecule has 2 amide bonds. The highest BCUT2D eigenvalue weighted by atomic mass is 19.1. The summed E-state index contributed by atoms with van der Waals surface area (Å²) in [7, 11) is 0. The van der Waals surface area contributed by atoms with Gasteiger partial charge < -0.3 is 15.0 Å². The second-order valence-corrected chi connectivity index (χ2v) is 8.53. The van der Waals surface area contributed by atoms with E-state index in [1.54, 1.807) is 27.9 Å². The number of aromatic nitrogens is 2. The molecule has 7 nitrogen and oxygen atoms in total. The number of rotatable bonds is 6. The summed E-state index contributed by atoms with van der Waals surface area (Å²) in [5.74, 6) is -0.367. The maximum atomic E-state index is 13.3. The Morgan fingerprint density at radius 3 is 2.57 bits per heavy atom. The summed E-state index contributed by atoms with van der Waals surface area (Å²) in [5, 5.41) is 8.17. The second-order valence-electron chi connectivity index (χ2n) is 8.53. The lowest BCUT2D eigenvalue weighted by atomic mass is 10.1. The van der Waals surface area contributed by atoms with Crippen molar-refractivity contribution in [1.29, 1.82) is 0 Å². The molecule has 5 rings (SSSR count). The normalized spacial score (nSPS) is 17.7. The van der Waals surface area contributed by atoms with Gasteiger partial charge in [-0.2, -0.15) is 5.10 Å². The molecule has 178 valence electrons. The van der Waals surface area contributed by atoms with E-state index in [1.807, 2.05) is 55.5 Å². The van der Waals surface area contributed by atoms with Crippen molar-refractivity contribution in [2.45, 2.75) is 38.5 Å². The van der Waals surface area contributed by atoms with Crippen molar-refractivity contribution in [2.75, 3.05) is 4.90 Å². The zero-order chi connectivity index (χ0) is 24.4. The Labute approximate surface area is 202 Å². The molecule has 1 saturated heterocycles. The third-order valence-corrected chi connectivity index (χ3v) is 6.29. The predicted octanol–water partition coefficient (Wildman–Crippen LogP) is 4.97. The van der Waals surface area contributed by atoms with Crippen LogP contribution in [0, 0.1) is 5.82 Å². The Hall–Kier alpha value is -4.20. The molecule has 0 saturated carbocycles. The highest BCUT2D eigenvalue weighted by Crippen LogP contribution is 2.32. The van der Waals surface area contributed by atoms with Crippen molar-refractivity contribution in [1.82, 2.24) is 15.1 Å². The van der Waals surface area contributed by atoms with Gasteiger partial charge in [-0.05, 0) is 54.4 Å². The van der Waals surface area contributed by atoms with Crippen LogP contribution in [0.3, 0.4) is 0 Å². The van der Waals surface area contributed by atoms with Crippen molar-refractivity contribution in [3.8, 4) is 5.69 Å². The van der Waals surface area contributed by atoms with E-state index in [0.29, 0.717) is 6.42 Å². The van der Waals surface area contributed by atoms with E-state index in [-0.39, 0.29) is 36.8 Å². The van der Waals surface area contributed by atoms with E-state index < -0.39 is 6.09 Å². The first-order chi connectivity index (χ1) is 17.0. The molecule has 0 spiro atoms. The molecule has 1 aliphatic rings. The van der Waals surface area contributed by atoms with Crippen LogP contribution in [0.25, 0.3) is 16.6 Å². The smallest absolute Gasteiger partial charge is 0.407 e. The van der Waals surface area contributed by atoms with Crippen molar-refractivity contribution in [2.24, 2.45) is 0 Å². The number of halogens is 1. The monoisotopic (exact) mass is 472 g/mol. The van der Waals surface area contributed by atoms with Gasteiger partial charge in [-0.25, -0.2) is 13.9 Å². The predicted molar refractivity (Wildman–Crippen MR) is 131 cm³/mol. The summed E-state index contributed by atoms with van der Waals surface area (Å²) >= 11 is 0. The van der Waals surface area contributed by atoms with Crippen LogP contribution in [-0.2, 0) is 16.1 Å². The lowest BCUT2D eigenvalue weighted by Crippen LogP contribution is -2.45. The first-order valence-electron chi connectivity index (χ1n) is 11.6. The number of carbonyl (C=O) groups is 2. The molecule has 0 aliphatic carbocycles. The Kier molecular flexibility index (Phi) is 6.18. The minimum Gasteiger partial charge on any atom is -0.445 e. The first kappa shape index (κ1) is 22.6. The zero-order valence-corrected chi connectivity index (χ0v) is 19.2. The standard InChI is InChI=1S/C27H25FN4O3/c1-2-24-23(30-27(34)35-17-18-6-4-3-5-7-18)15-26(33)31(24)22-12-13-25-19(14-22)16-29-32(25)21-10-8-20(28)9-11-21/h3-14,16,23-24H,2,15,17H2,1H3,(H,30,34)/t23-,24+/m0/s1. The van der Waals surface area contributed by atoms with Gasteiger partial charge in [-0.15, -0.1) is 0 Å². The van der Waals surface area contributed by atoms with Gasteiger partial charge in [0.1, 0.15) is 12.4 Å². The number of carbonyl (C=O) groups excluding carboxylic acids is 2. The van der Waals surface area contributed by atoms with Gasteiger partial charge in [-0.3, -0.25) is 4.79 Å². The van der Waals surface area contributed by atoms with Gasteiger partial charge in [0, 0.05) is 17.5 Å². The van der Waals surface area contributed by atoms with E-state index in [4.69, 9.17) is 4.74 Å². The Bertz CT molecular complexity index is 1350. The highest BCUT2D eigenvalue weighted by Gasteiger charge is 2.40. The molecule has 1 fully saturated rings. The highest BCUT2D eigenvalue weighted by molar-refractivity contribution is 5.99. The number of nitrogens with one attached hydrogen (secondary N) is 1. The zero-order valence-electron chi connectivity index (χ0n) is 19.2. The molecule has 1 N–H and O–H groups in total. The number of fused-ring (bicyclic) bond motifs is 1. The summed E-state index contributed by atoms with van der Waals surface area (Å²) < 4.78 is 20.4. The maximum Gasteiger partial charge on any atom is 0.407 e. The van der Waals surface area contributed by atoms with Crippen LogP contribution >= 0.6 is 0 Å². The number of anilines is 1. The molecule has 35 heavy (non-hydrogen) atoms. The van der Waals surface area contributed by atoms with Crippen LogP contribution in [0.1, 0.15) is 25.3 Å². The van der Waals surface area contributed by atoms with Gasteiger partial charge in [0.05, 0.1) is 29.5 Å². The molecular formula is C27H25FN4O3. The third-order valence-electron chi connectivity index (χ3n) is 6.29. The average molecular weight is 473 g/mol. The van der Waals surface area contributed by atoms with Crippen molar-refractivity contribution < 1.29 is 18.7 Å². The van der Waals surface area contributed by atoms with Crippen LogP contribution in [0.4, 0.5) is 14.9 Å². The van der Waals surface area contributed by atoms with Gasteiger partial charge >= 0.3 is 6.09 Å². The number of nitrogens with zero attached hydrogens (tertiary/aromatic N) is 3. The van der Waals surface area contributed by atoms with Crippen molar-refractivity contribution in [3.05, 3.63) is 90.4 Å². The fourth-order valence-corrected chi connectivity index (χ4v) is 4.61. The van der Waals surface area contributed by atoms with Gasteiger partial charge in [0.25, 0.3) is 0 Å². The molecule has 0 radical (unpaired) electrons. The molecule has 4 aromatic rings. The Morgan fingerprint density at radius 1 is 1.09 bits per heavy atom. The summed E-state index contributed by atoms with van der Waals surface area (Å²) in [6, 6.07) is 20.7. The van der Waals surface area contributed by atoms with E-state index >= 15 is 0 Å². The third kappa shape index (κ3) is 4.59. The van der Waals surface area contributed by atoms with E-state index in [0.717, 1.165) is 27.8 Å². The minimum atomic E-state index is -0.539. The van der Waals surface area contributed by atoms with Gasteiger partial charge in [-0.1, -0.05) is 37.3 Å². The lowest BCUT2D eigenvalue weighted by Gasteiger charge is -2.27. The minimum absolute atomic E-state index is 0.0597. The summed E-state index contributed by atoms with van der Waals surface area (Å²) in [5.41, 5.74) is 3.23. The van der Waals surface area contributed by atoms with E-state index in [2.05, 4.69) is 10.4 Å². The largest absolute Gasteiger partial charge is 0.445 e. The number of hydrogen-bond acceptors (Lipinski definition) is 4. The number of hydrogen-bond donors (Lipinski definition) is 1. The van der Waals surface area contributed by atoms with E-state index in [1.165, 1.54) is 12.1 Å². The number of amides is 2. The maximum absolute atomic E-state index is 13.3. The molecule has 0 unspecified atom stereocenters. The van der Waals surface area contributed by atoms with Crippen LogP contribution in [-0.4, -0.2) is 33.9 Å². The van der Waals surface area contributed by atoms with Crippen LogP contribution < -0.4 is 10.2 Å². The van der Waals surface area contributed by atoms with Gasteiger partial charge in [0.15, 0.2) is 0 Å². The van der Waals surface area contributed by atoms with Crippen LogP contribution in [0.15, 0.2) is 79.0 Å². The van der Waals surface area contributed by atoms with Crippen molar-refractivity contribution >= 4 is 28.6 Å². The number of ether oxygens (including phenoxy) is 1. The number of benzene rings is 3. The molecular weight excluding hydrogens is 447 g/mol. The SMILES string of the molecule is CC[C@@H]1[C@@H](NC(=O)OCc2ccccc2)CC(=O)N1c1ccc2c(cnn2-c2ccc(F)cc2)c1. The fourth-order valence-electron chi connectivity index (χ4n) is 4.61. The number of alkyl carbamates (subject to hydrolysis) is 1. The molecule has 2 atom stereocenters. The topological polar surface area (TPSA) is 76.5 Å². The fraction of sp³-hybridized carbons (Fsp3) is 0.222. The molecule has 1 aliphatic heterocycles. The summed E-state index contributed by atoms with van der Waals surface area (Å²) in [6.45, 7) is 2.16. The Morgan fingerprint density at radius 2 is 1.83 bits per heavy atom. The first-order valence-corrected chi connectivity index (χ1v) is 11.6. The molecule has 2 heterocycles. The molecule has 3 aromatic carbocycles. The second kappa shape index (κ2) is 9.58. The summed E-state index contributed by atoms with van der Waals surface area (Å²) in [6.07, 6.45) is 2.05. The molecule has 0 bridgehead atoms. The van der Waals surface area contributed by atoms with Crippen LogP contribution in [0.2, 0.25) is 0 Å². The summed E-state index contributed by atoms with van der Waals surface area (Å²) in [4.78, 5) is 27.2. The van der Waals surface area contributed by atoms with E-state index in [9.17, 15) is 14.0 Å². The van der Waals surface area contributed by atoms with Gasteiger partial charge in [0.2, 0.25) is 5.91 Å². The van der Waals surface area contributed by atoms with Crippen molar-refractivity contribution in [3.63, 3.8) is 0 Å². The Balaban J connectivity index is 1.32. The average Bonchev–Trinajstić information content (AvgIpc) is 3.43. The lowest BCUT2D eigenvalue weighted by molar-refractivity contribution is -0.117. The quantitative estimate of drug-likeness (QED) is 0.430. The van der Waals surface area contributed by atoms with Crippen LogP contribution in [0.5, 0.6) is 0 Å². The molecule has 8 heteroatoms.